The lowest BCUT2D eigenvalue weighted by atomic mass is 10.1. The van der Waals surface area contributed by atoms with Crippen LogP contribution in [0.1, 0.15) is 12.0 Å². The number of hydrogen-bond acceptors (Lipinski definition) is 3. The number of nitrogens with one attached hydrogen (secondary N) is 1. The maximum absolute atomic E-state index is 13.0. The van der Waals surface area contributed by atoms with Gasteiger partial charge in [0, 0.05) is 29.4 Å². The van der Waals surface area contributed by atoms with E-state index in [4.69, 9.17) is 11.6 Å². The van der Waals surface area contributed by atoms with Gasteiger partial charge in [-0.1, -0.05) is 23.7 Å². The summed E-state index contributed by atoms with van der Waals surface area (Å²) in [5, 5.41) is 3.33. The van der Waals surface area contributed by atoms with Crippen molar-refractivity contribution in [2.75, 3.05) is 18.4 Å². The zero-order valence-electron chi connectivity index (χ0n) is 14.6. The molecule has 0 fully saturated rings. The first kappa shape index (κ1) is 19.5. The Hall–Kier alpha value is -2.22. The summed E-state index contributed by atoms with van der Waals surface area (Å²) in [7, 11) is -3.73. The molecule has 0 unspecified atom stereocenters. The smallest absolute Gasteiger partial charge is 0.251 e. The highest BCUT2D eigenvalue weighted by atomic mass is 35.5. The molecule has 3 rings (SSSR count). The van der Waals surface area contributed by atoms with Gasteiger partial charge in [-0.25, -0.2) is 12.8 Å². The lowest BCUT2D eigenvalue weighted by Crippen LogP contribution is -2.36. The fraction of sp³-hybridized carbons (Fsp3) is 0.211. The van der Waals surface area contributed by atoms with Gasteiger partial charge in [-0.3, -0.25) is 4.79 Å². The van der Waals surface area contributed by atoms with Gasteiger partial charge < -0.3 is 5.32 Å². The minimum absolute atomic E-state index is 0.0275. The van der Waals surface area contributed by atoms with Crippen molar-refractivity contribution in [1.29, 1.82) is 0 Å². The average Bonchev–Trinajstić information content (AvgIpc) is 2.65. The van der Waals surface area contributed by atoms with Gasteiger partial charge in [0.25, 0.3) is 5.91 Å². The molecule has 27 heavy (non-hydrogen) atoms. The van der Waals surface area contributed by atoms with Gasteiger partial charge in [-0.05, 0) is 55.3 Å². The molecule has 0 saturated heterocycles. The standard InChI is InChI=1S/C19H18ClFN2O3S/c1-13-2-3-15(20)12-18(13)22-19(24)14-8-10-23(11-9-14)27(25,26)17-6-4-16(21)5-7-17/h2-8,12H,9-11H2,1H3,(H,22,24). The van der Waals surface area contributed by atoms with Crippen molar-refractivity contribution in [3.63, 3.8) is 0 Å². The van der Waals surface area contributed by atoms with Crippen LogP contribution in [-0.4, -0.2) is 31.7 Å². The molecule has 0 aromatic heterocycles. The second-order valence-corrected chi connectivity index (χ2v) is 8.58. The van der Waals surface area contributed by atoms with Crippen LogP contribution < -0.4 is 5.32 Å². The van der Waals surface area contributed by atoms with Gasteiger partial charge in [0.15, 0.2) is 0 Å². The molecule has 1 heterocycles. The number of hydrogen-bond donors (Lipinski definition) is 1. The Balaban J connectivity index is 1.71. The maximum atomic E-state index is 13.0. The fourth-order valence-corrected chi connectivity index (χ4v) is 4.31. The molecule has 5 nitrogen and oxygen atoms in total. The van der Waals surface area contributed by atoms with Crippen LogP contribution in [0.2, 0.25) is 5.02 Å². The number of aryl methyl sites for hydroxylation is 1. The van der Waals surface area contributed by atoms with Crippen molar-refractivity contribution >= 4 is 33.2 Å². The first-order valence-corrected chi connectivity index (χ1v) is 10.1. The molecule has 142 valence electrons. The Labute approximate surface area is 162 Å². The van der Waals surface area contributed by atoms with E-state index in [9.17, 15) is 17.6 Å². The van der Waals surface area contributed by atoms with Crippen molar-refractivity contribution in [2.24, 2.45) is 0 Å². The second-order valence-electron chi connectivity index (χ2n) is 6.21. The lowest BCUT2D eigenvalue weighted by molar-refractivity contribution is -0.113. The predicted molar refractivity (Wildman–Crippen MR) is 103 cm³/mol. The van der Waals surface area contributed by atoms with E-state index >= 15 is 0 Å². The Kier molecular flexibility index (Phi) is 5.64. The molecule has 0 radical (unpaired) electrons. The highest BCUT2D eigenvalue weighted by Gasteiger charge is 2.27. The van der Waals surface area contributed by atoms with Crippen molar-refractivity contribution in [1.82, 2.24) is 4.31 Å². The SMILES string of the molecule is Cc1ccc(Cl)cc1NC(=O)C1=CCN(S(=O)(=O)c2ccc(F)cc2)CC1. The molecular formula is C19H18ClFN2O3S. The quantitative estimate of drug-likeness (QED) is 0.837. The topological polar surface area (TPSA) is 66.5 Å². The van der Waals surface area contributed by atoms with Crippen LogP contribution in [0.4, 0.5) is 10.1 Å². The van der Waals surface area contributed by atoms with Crippen molar-refractivity contribution in [3.05, 3.63) is 70.5 Å². The normalized spacial score (nSPS) is 15.3. The fourth-order valence-electron chi connectivity index (χ4n) is 2.76. The van der Waals surface area contributed by atoms with E-state index in [-0.39, 0.29) is 30.3 Å². The molecule has 1 N–H and O–H groups in total. The van der Waals surface area contributed by atoms with Gasteiger partial charge in [0.1, 0.15) is 5.82 Å². The van der Waals surface area contributed by atoms with Crippen LogP contribution >= 0.6 is 11.6 Å². The van der Waals surface area contributed by atoms with Gasteiger partial charge in [0.05, 0.1) is 4.90 Å². The zero-order valence-corrected chi connectivity index (χ0v) is 16.1. The lowest BCUT2D eigenvalue weighted by Gasteiger charge is -2.25. The van der Waals surface area contributed by atoms with Crippen LogP contribution in [-0.2, 0) is 14.8 Å². The van der Waals surface area contributed by atoms with E-state index in [1.165, 1.54) is 16.4 Å². The Morgan fingerprint density at radius 1 is 1.19 bits per heavy atom. The summed E-state index contributed by atoms with van der Waals surface area (Å²) in [4.78, 5) is 12.5. The summed E-state index contributed by atoms with van der Waals surface area (Å²) in [6.07, 6.45) is 1.88. The first-order chi connectivity index (χ1) is 12.8. The van der Waals surface area contributed by atoms with Gasteiger partial charge in [-0.15, -0.1) is 0 Å². The summed E-state index contributed by atoms with van der Waals surface area (Å²) in [6, 6.07) is 9.91. The molecule has 0 atom stereocenters. The van der Waals surface area contributed by atoms with Crippen molar-refractivity contribution in [2.45, 2.75) is 18.2 Å². The second kappa shape index (κ2) is 7.80. The Bertz CT molecular complexity index is 1000. The Morgan fingerprint density at radius 2 is 1.89 bits per heavy atom. The Morgan fingerprint density at radius 3 is 2.52 bits per heavy atom. The van der Waals surface area contributed by atoms with Crippen LogP contribution in [0.15, 0.2) is 59.0 Å². The van der Waals surface area contributed by atoms with Crippen LogP contribution in [0, 0.1) is 12.7 Å². The molecular weight excluding hydrogens is 391 g/mol. The van der Waals surface area contributed by atoms with Crippen molar-refractivity contribution < 1.29 is 17.6 Å². The highest BCUT2D eigenvalue weighted by molar-refractivity contribution is 7.89. The number of benzene rings is 2. The zero-order chi connectivity index (χ0) is 19.6. The molecule has 1 aliphatic heterocycles. The van der Waals surface area contributed by atoms with Crippen molar-refractivity contribution in [3.8, 4) is 0 Å². The average molecular weight is 409 g/mol. The summed E-state index contributed by atoms with van der Waals surface area (Å²) in [6.45, 7) is 2.11. The van der Waals surface area contributed by atoms with E-state index in [0.29, 0.717) is 16.3 Å². The molecule has 0 aliphatic carbocycles. The summed E-state index contributed by atoms with van der Waals surface area (Å²) >= 11 is 5.96. The number of anilines is 1. The molecule has 8 heteroatoms. The van der Waals surface area contributed by atoms with Crippen LogP contribution in [0.3, 0.4) is 0 Å². The summed E-state index contributed by atoms with van der Waals surface area (Å²) in [5.41, 5.74) is 2.01. The monoisotopic (exact) mass is 408 g/mol. The molecule has 1 amide bonds. The van der Waals surface area contributed by atoms with E-state index in [1.54, 1.807) is 18.2 Å². The number of sulfonamides is 1. The van der Waals surface area contributed by atoms with Gasteiger partial charge in [-0.2, -0.15) is 4.31 Å². The van der Waals surface area contributed by atoms with E-state index in [2.05, 4.69) is 5.32 Å². The maximum Gasteiger partial charge on any atom is 0.251 e. The molecule has 0 saturated carbocycles. The minimum atomic E-state index is -3.73. The third kappa shape index (κ3) is 4.37. The number of rotatable bonds is 4. The van der Waals surface area contributed by atoms with Crippen LogP contribution in [0.5, 0.6) is 0 Å². The molecule has 2 aromatic carbocycles. The number of carbonyl (C=O) groups is 1. The highest BCUT2D eigenvalue weighted by Crippen LogP contribution is 2.24. The number of carbonyl (C=O) groups excluding carboxylic acids is 1. The third-order valence-corrected chi connectivity index (χ3v) is 6.48. The molecule has 0 bridgehead atoms. The predicted octanol–water partition coefficient (Wildman–Crippen LogP) is 3.75. The number of halogens is 2. The van der Waals surface area contributed by atoms with Gasteiger partial charge >= 0.3 is 0 Å². The number of amides is 1. The summed E-state index contributed by atoms with van der Waals surface area (Å²) in [5.74, 6) is -0.776. The first-order valence-electron chi connectivity index (χ1n) is 8.29. The third-order valence-electron chi connectivity index (χ3n) is 4.36. The molecule has 1 aliphatic rings. The molecule has 0 spiro atoms. The number of nitrogens with zero attached hydrogens (tertiary/aromatic N) is 1. The largest absolute Gasteiger partial charge is 0.322 e. The van der Waals surface area contributed by atoms with E-state index < -0.39 is 15.8 Å². The van der Waals surface area contributed by atoms with Gasteiger partial charge in [0.2, 0.25) is 10.0 Å². The van der Waals surface area contributed by atoms with Crippen LogP contribution in [0.25, 0.3) is 0 Å². The van der Waals surface area contributed by atoms with E-state index in [1.807, 2.05) is 13.0 Å². The minimum Gasteiger partial charge on any atom is -0.322 e. The van der Waals surface area contributed by atoms with E-state index in [0.717, 1.165) is 17.7 Å². The summed E-state index contributed by atoms with van der Waals surface area (Å²) < 4.78 is 39.5. The molecule has 2 aromatic rings.